The molecule has 2 N–H and O–H groups in total. The van der Waals surface area contributed by atoms with Crippen molar-refractivity contribution in [2.24, 2.45) is 7.05 Å². The number of para-hydroxylation sites is 2. The molecular weight excluding hydrogens is 404 g/mol. The number of anilines is 1. The number of benzene rings is 1. The van der Waals surface area contributed by atoms with Crippen LogP contribution in [0.5, 0.6) is 0 Å². The first-order chi connectivity index (χ1) is 15.5. The molecule has 8 heteroatoms. The highest BCUT2D eigenvalue weighted by molar-refractivity contribution is 6.04. The molecule has 0 unspecified atom stereocenters. The molecule has 1 saturated carbocycles. The van der Waals surface area contributed by atoms with Crippen LogP contribution in [0.3, 0.4) is 0 Å². The largest absolute Gasteiger partial charge is 0.393 e. The summed E-state index contributed by atoms with van der Waals surface area (Å²) >= 11 is 0. The number of nitrogens with one attached hydrogen (secondary N) is 1. The van der Waals surface area contributed by atoms with Crippen molar-refractivity contribution >= 4 is 22.9 Å². The van der Waals surface area contributed by atoms with Gasteiger partial charge in [-0.2, -0.15) is 5.10 Å². The first-order valence-corrected chi connectivity index (χ1v) is 10.9. The average molecular weight is 431 g/mol. The summed E-state index contributed by atoms with van der Waals surface area (Å²) in [4.78, 5) is 22.5. The monoisotopic (exact) mass is 430 g/mol. The Bertz CT molecular complexity index is 1290. The van der Waals surface area contributed by atoms with E-state index in [1.165, 1.54) is 0 Å². The summed E-state index contributed by atoms with van der Waals surface area (Å²) < 4.78 is 3.78. The number of aliphatic hydroxyl groups excluding tert-OH is 1. The number of imidazole rings is 1. The Kier molecular flexibility index (Phi) is 5.22. The normalized spacial score (nSPS) is 18.7. The number of hydrogen-bond acceptors (Lipinski definition) is 5. The molecule has 5 rings (SSSR count). The van der Waals surface area contributed by atoms with Gasteiger partial charge in [0.15, 0.2) is 0 Å². The van der Waals surface area contributed by atoms with Crippen LogP contribution in [0.2, 0.25) is 0 Å². The molecule has 1 amide bonds. The van der Waals surface area contributed by atoms with Gasteiger partial charge in [0, 0.05) is 36.1 Å². The van der Waals surface area contributed by atoms with Crippen molar-refractivity contribution in [1.82, 2.24) is 24.3 Å². The lowest BCUT2D eigenvalue weighted by Crippen LogP contribution is -2.25. The summed E-state index contributed by atoms with van der Waals surface area (Å²) in [6, 6.07) is 11.5. The molecule has 164 valence electrons. The van der Waals surface area contributed by atoms with E-state index in [0.29, 0.717) is 23.6 Å². The van der Waals surface area contributed by atoms with Crippen molar-refractivity contribution in [2.75, 3.05) is 5.32 Å². The molecule has 8 nitrogen and oxygen atoms in total. The number of hydrogen-bond donors (Lipinski definition) is 2. The van der Waals surface area contributed by atoms with Gasteiger partial charge in [0.05, 0.1) is 29.0 Å². The number of amides is 1. The van der Waals surface area contributed by atoms with Gasteiger partial charge in [0.2, 0.25) is 5.95 Å². The van der Waals surface area contributed by atoms with Gasteiger partial charge in [0.25, 0.3) is 5.91 Å². The van der Waals surface area contributed by atoms with Gasteiger partial charge in [0.1, 0.15) is 0 Å². The lowest BCUT2D eigenvalue weighted by atomic mass is 9.92. The van der Waals surface area contributed by atoms with Crippen LogP contribution in [-0.4, -0.2) is 41.4 Å². The molecule has 0 bridgehead atoms. The Morgan fingerprint density at radius 2 is 2.03 bits per heavy atom. The molecule has 0 aliphatic heterocycles. The summed E-state index contributed by atoms with van der Waals surface area (Å²) in [5, 5.41) is 17.5. The topological polar surface area (TPSA) is 97.9 Å². The zero-order chi connectivity index (χ0) is 22.2. The number of rotatable bonds is 4. The second-order valence-electron chi connectivity index (χ2n) is 8.51. The SMILES string of the molecule is Cc1cc(C(=O)Nc2nc3ccccc3n2[C@H]2CCC[C@H](O)C2)cc(-c2cnn(C)c2)n1. The van der Waals surface area contributed by atoms with Crippen LogP contribution in [0.4, 0.5) is 5.95 Å². The summed E-state index contributed by atoms with van der Waals surface area (Å²) in [6.07, 6.45) is 6.64. The molecule has 4 aromatic rings. The van der Waals surface area contributed by atoms with Crippen LogP contribution in [0.15, 0.2) is 48.8 Å². The van der Waals surface area contributed by atoms with E-state index in [9.17, 15) is 9.90 Å². The lowest BCUT2D eigenvalue weighted by molar-refractivity contribution is 0.101. The number of fused-ring (bicyclic) bond motifs is 1. The maximum Gasteiger partial charge on any atom is 0.258 e. The Morgan fingerprint density at radius 1 is 1.19 bits per heavy atom. The standard InChI is InChI=1S/C24H26N6O2/c1-15-10-16(11-21(26-15)17-13-25-29(2)14-17)23(32)28-24-27-20-8-3-4-9-22(20)30(24)18-6-5-7-19(31)12-18/h3-4,8-11,13-14,18-19,31H,5-7,12H2,1-2H3,(H,27,28,32)/t18-,19-/m0/s1. The molecule has 3 aromatic heterocycles. The van der Waals surface area contributed by atoms with Crippen molar-refractivity contribution < 1.29 is 9.90 Å². The number of aliphatic hydroxyl groups is 1. The second kappa shape index (κ2) is 8.20. The number of pyridine rings is 1. The minimum Gasteiger partial charge on any atom is -0.393 e. The van der Waals surface area contributed by atoms with Gasteiger partial charge >= 0.3 is 0 Å². The highest BCUT2D eigenvalue weighted by Gasteiger charge is 2.26. The lowest BCUT2D eigenvalue weighted by Gasteiger charge is -2.28. The van der Waals surface area contributed by atoms with Crippen LogP contribution in [0, 0.1) is 6.92 Å². The fourth-order valence-corrected chi connectivity index (χ4v) is 4.55. The Labute approximate surface area is 185 Å². The molecule has 2 atom stereocenters. The van der Waals surface area contributed by atoms with E-state index in [1.807, 2.05) is 44.4 Å². The van der Waals surface area contributed by atoms with Crippen LogP contribution < -0.4 is 5.32 Å². The minimum atomic E-state index is -0.330. The van der Waals surface area contributed by atoms with Gasteiger partial charge in [-0.3, -0.25) is 19.8 Å². The smallest absolute Gasteiger partial charge is 0.258 e. The summed E-state index contributed by atoms with van der Waals surface area (Å²) in [5.74, 6) is 0.265. The zero-order valence-corrected chi connectivity index (χ0v) is 18.2. The third kappa shape index (κ3) is 3.89. The first-order valence-electron chi connectivity index (χ1n) is 10.9. The maximum absolute atomic E-state index is 13.3. The minimum absolute atomic E-state index is 0.0894. The highest BCUT2D eigenvalue weighted by Crippen LogP contribution is 2.34. The van der Waals surface area contributed by atoms with Gasteiger partial charge in [-0.1, -0.05) is 12.1 Å². The first kappa shape index (κ1) is 20.4. The van der Waals surface area contributed by atoms with Gasteiger partial charge in [-0.25, -0.2) is 4.98 Å². The molecule has 0 radical (unpaired) electrons. The molecular formula is C24H26N6O2. The van der Waals surface area contributed by atoms with Gasteiger partial charge in [-0.05, 0) is 56.9 Å². The third-order valence-electron chi connectivity index (χ3n) is 6.02. The molecule has 1 aromatic carbocycles. The molecule has 1 aliphatic carbocycles. The third-order valence-corrected chi connectivity index (χ3v) is 6.02. The van der Waals surface area contributed by atoms with E-state index >= 15 is 0 Å². The van der Waals surface area contributed by atoms with Crippen molar-refractivity contribution in [3.63, 3.8) is 0 Å². The molecule has 1 fully saturated rings. The van der Waals surface area contributed by atoms with Gasteiger partial charge in [-0.15, -0.1) is 0 Å². The fraction of sp³-hybridized carbons (Fsp3) is 0.333. The molecule has 0 saturated heterocycles. The zero-order valence-electron chi connectivity index (χ0n) is 18.2. The van der Waals surface area contributed by atoms with E-state index < -0.39 is 0 Å². The van der Waals surface area contributed by atoms with Crippen molar-refractivity contribution in [3.05, 3.63) is 60.0 Å². The van der Waals surface area contributed by atoms with E-state index in [1.54, 1.807) is 23.0 Å². The molecule has 3 heterocycles. The van der Waals surface area contributed by atoms with E-state index in [2.05, 4.69) is 20.0 Å². The molecule has 1 aliphatic rings. The van der Waals surface area contributed by atoms with Crippen molar-refractivity contribution in [2.45, 2.75) is 44.8 Å². The van der Waals surface area contributed by atoms with E-state index in [0.717, 1.165) is 41.6 Å². The van der Waals surface area contributed by atoms with Crippen LogP contribution in [0.25, 0.3) is 22.3 Å². The van der Waals surface area contributed by atoms with Crippen molar-refractivity contribution in [3.8, 4) is 11.3 Å². The van der Waals surface area contributed by atoms with Crippen LogP contribution >= 0.6 is 0 Å². The Morgan fingerprint density at radius 3 is 2.81 bits per heavy atom. The maximum atomic E-state index is 13.3. The number of aromatic nitrogens is 5. The van der Waals surface area contributed by atoms with Crippen molar-refractivity contribution in [1.29, 1.82) is 0 Å². The van der Waals surface area contributed by atoms with Crippen LogP contribution in [-0.2, 0) is 7.05 Å². The van der Waals surface area contributed by atoms with Crippen LogP contribution in [0.1, 0.15) is 47.8 Å². The Hall–Kier alpha value is -3.52. The number of carbonyl (C=O) groups is 1. The summed E-state index contributed by atoms with van der Waals surface area (Å²) in [7, 11) is 1.85. The predicted octanol–water partition coefficient (Wildman–Crippen LogP) is 3.87. The quantitative estimate of drug-likeness (QED) is 0.512. The second-order valence-corrected chi connectivity index (χ2v) is 8.51. The summed E-state index contributed by atoms with van der Waals surface area (Å²) in [5.41, 5.74) is 4.61. The summed E-state index contributed by atoms with van der Waals surface area (Å²) in [6.45, 7) is 1.87. The van der Waals surface area contributed by atoms with Gasteiger partial charge < -0.3 is 9.67 Å². The predicted molar refractivity (Wildman–Crippen MR) is 122 cm³/mol. The number of nitrogens with zero attached hydrogens (tertiary/aromatic N) is 5. The van der Waals surface area contributed by atoms with E-state index in [4.69, 9.17) is 4.98 Å². The molecule has 0 spiro atoms. The fourth-order valence-electron chi connectivity index (χ4n) is 4.55. The number of carbonyl (C=O) groups excluding carboxylic acids is 1. The van der Waals surface area contributed by atoms with E-state index in [-0.39, 0.29) is 18.1 Å². The molecule has 32 heavy (non-hydrogen) atoms. The average Bonchev–Trinajstić information content (AvgIpc) is 3.36. The number of aryl methyl sites for hydroxylation is 2. The highest BCUT2D eigenvalue weighted by atomic mass is 16.3. The Balaban J connectivity index is 1.50.